The predicted octanol–water partition coefficient (Wildman–Crippen LogP) is 3.97. The first-order valence-electron chi connectivity index (χ1n) is 11.6. The third kappa shape index (κ3) is 9.13. The lowest BCUT2D eigenvalue weighted by molar-refractivity contribution is -0.152. The van der Waals surface area contributed by atoms with Crippen molar-refractivity contribution in [2.45, 2.75) is 40.0 Å². The minimum absolute atomic E-state index is 0.106. The Labute approximate surface area is 201 Å². The standard InChI is InChI=1S/C26H34N2O6/c1-4-16-28(18-24(29)27-21-12-7-6-11-20(21)3)25(30)19-34-26(31)15-10-17-33-23-14-9-8-13-22(23)32-5-2/h6-9,11-14H,4-5,10,15-19H2,1-3H3,(H,27,29). The summed E-state index contributed by atoms with van der Waals surface area (Å²) in [6.45, 7) is 6.44. The number of hydrogen-bond donors (Lipinski definition) is 1. The number of esters is 1. The van der Waals surface area contributed by atoms with Crippen LogP contribution >= 0.6 is 0 Å². The van der Waals surface area contributed by atoms with Crippen LogP contribution in [0, 0.1) is 6.92 Å². The SMILES string of the molecule is CCCN(CC(=O)Nc1ccccc1C)C(=O)COC(=O)CCCOc1ccccc1OCC. The lowest BCUT2D eigenvalue weighted by Gasteiger charge is -2.21. The van der Waals surface area contributed by atoms with Crippen LogP contribution in [0.2, 0.25) is 0 Å². The molecule has 0 radical (unpaired) electrons. The Hall–Kier alpha value is -3.55. The molecule has 0 saturated carbocycles. The van der Waals surface area contributed by atoms with Crippen molar-refractivity contribution in [3.8, 4) is 11.5 Å². The highest BCUT2D eigenvalue weighted by molar-refractivity contribution is 5.95. The molecule has 0 unspecified atom stereocenters. The number of nitrogens with zero attached hydrogens (tertiary/aromatic N) is 1. The Balaban J connectivity index is 1.73. The Kier molecular flexibility index (Phi) is 11.4. The largest absolute Gasteiger partial charge is 0.490 e. The van der Waals surface area contributed by atoms with Gasteiger partial charge in [-0.05, 0) is 50.5 Å². The fourth-order valence-electron chi connectivity index (χ4n) is 3.19. The summed E-state index contributed by atoms with van der Waals surface area (Å²) in [7, 11) is 0. The molecule has 0 aliphatic carbocycles. The van der Waals surface area contributed by atoms with Crippen molar-refractivity contribution in [1.29, 1.82) is 0 Å². The van der Waals surface area contributed by atoms with Gasteiger partial charge < -0.3 is 24.4 Å². The van der Waals surface area contributed by atoms with Crippen molar-refractivity contribution in [3.05, 3.63) is 54.1 Å². The maximum atomic E-state index is 12.5. The average Bonchev–Trinajstić information content (AvgIpc) is 2.82. The van der Waals surface area contributed by atoms with Crippen LogP contribution in [0.3, 0.4) is 0 Å². The first kappa shape index (κ1) is 26.7. The van der Waals surface area contributed by atoms with Gasteiger partial charge in [0.05, 0.1) is 19.8 Å². The number of anilines is 1. The summed E-state index contributed by atoms with van der Waals surface area (Å²) in [5.41, 5.74) is 1.64. The second-order valence-electron chi connectivity index (χ2n) is 7.67. The molecule has 0 bridgehead atoms. The molecule has 2 amide bonds. The van der Waals surface area contributed by atoms with Crippen molar-refractivity contribution in [2.24, 2.45) is 0 Å². The first-order valence-corrected chi connectivity index (χ1v) is 11.6. The molecule has 2 aromatic rings. The highest BCUT2D eigenvalue weighted by Crippen LogP contribution is 2.26. The molecule has 0 aromatic heterocycles. The summed E-state index contributed by atoms with van der Waals surface area (Å²) in [6, 6.07) is 14.8. The predicted molar refractivity (Wildman–Crippen MR) is 130 cm³/mol. The van der Waals surface area contributed by atoms with Crippen molar-refractivity contribution in [1.82, 2.24) is 4.90 Å². The van der Waals surface area contributed by atoms with Gasteiger partial charge in [-0.1, -0.05) is 37.3 Å². The Morgan fingerprint density at radius 3 is 2.29 bits per heavy atom. The number of amides is 2. The van der Waals surface area contributed by atoms with Gasteiger partial charge >= 0.3 is 5.97 Å². The van der Waals surface area contributed by atoms with Crippen molar-refractivity contribution < 1.29 is 28.6 Å². The van der Waals surface area contributed by atoms with Crippen LogP contribution in [0.25, 0.3) is 0 Å². The molecule has 1 N–H and O–H groups in total. The summed E-state index contributed by atoms with van der Waals surface area (Å²) >= 11 is 0. The molecule has 0 saturated heterocycles. The van der Waals surface area contributed by atoms with Crippen LogP contribution in [-0.2, 0) is 19.1 Å². The normalized spacial score (nSPS) is 10.3. The van der Waals surface area contributed by atoms with Crippen LogP contribution < -0.4 is 14.8 Å². The summed E-state index contributed by atoms with van der Waals surface area (Å²) in [5.74, 6) is 0.0764. The van der Waals surface area contributed by atoms with E-state index in [0.717, 1.165) is 5.56 Å². The molecular formula is C26H34N2O6. The van der Waals surface area contributed by atoms with Gasteiger partial charge in [0.1, 0.15) is 0 Å². The molecule has 2 rings (SSSR count). The number of carbonyl (C=O) groups excluding carboxylic acids is 3. The number of benzene rings is 2. The van der Waals surface area contributed by atoms with E-state index in [9.17, 15) is 14.4 Å². The lowest BCUT2D eigenvalue weighted by atomic mass is 10.2. The Morgan fingerprint density at radius 1 is 0.941 bits per heavy atom. The second kappa shape index (κ2) is 14.6. The molecule has 34 heavy (non-hydrogen) atoms. The van der Waals surface area contributed by atoms with Gasteiger partial charge in [-0.3, -0.25) is 14.4 Å². The van der Waals surface area contributed by atoms with Gasteiger partial charge in [-0.15, -0.1) is 0 Å². The van der Waals surface area contributed by atoms with E-state index in [1.807, 2.05) is 57.2 Å². The van der Waals surface area contributed by atoms with Gasteiger partial charge in [-0.25, -0.2) is 0 Å². The fourth-order valence-corrected chi connectivity index (χ4v) is 3.19. The van der Waals surface area contributed by atoms with E-state index in [0.29, 0.717) is 49.8 Å². The van der Waals surface area contributed by atoms with Crippen molar-refractivity contribution in [2.75, 3.05) is 38.2 Å². The molecule has 0 spiro atoms. The van der Waals surface area contributed by atoms with E-state index in [4.69, 9.17) is 14.2 Å². The van der Waals surface area contributed by atoms with Crippen LogP contribution in [0.1, 0.15) is 38.7 Å². The van der Waals surface area contributed by atoms with E-state index < -0.39 is 18.5 Å². The van der Waals surface area contributed by atoms with Gasteiger partial charge in [0, 0.05) is 18.7 Å². The lowest BCUT2D eigenvalue weighted by Crippen LogP contribution is -2.40. The fraction of sp³-hybridized carbons (Fsp3) is 0.423. The van der Waals surface area contributed by atoms with E-state index in [2.05, 4.69) is 5.32 Å². The van der Waals surface area contributed by atoms with E-state index >= 15 is 0 Å². The Bertz CT molecular complexity index is 946. The summed E-state index contributed by atoms with van der Waals surface area (Å²) < 4.78 is 16.3. The van der Waals surface area contributed by atoms with Crippen molar-refractivity contribution in [3.63, 3.8) is 0 Å². The Morgan fingerprint density at radius 2 is 1.62 bits per heavy atom. The molecule has 0 heterocycles. The monoisotopic (exact) mass is 470 g/mol. The highest BCUT2D eigenvalue weighted by Gasteiger charge is 2.18. The van der Waals surface area contributed by atoms with Crippen LogP contribution in [0.5, 0.6) is 11.5 Å². The zero-order valence-corrected chi connectivity index (χ0v) is 20.2. The zero-order chi connectivity index (χ0) is 24.8. The van der Waals surface area contributed by atoms with E-state index in [1.54, 1.807) is 12.1 Å². The van der Waals surface area contributed by atoms with Crippen LogP contribution in [0.15, 0.2) is 48.5 Å². The second-order valence-corrected chi connectivity index (χ2v) is 7.67. The van der Waals surface area contributed by atoms with Crippen LogP contribution in [-0.4, -0.2) is 55.6 Å². The zero-order valence-electron chi connectivity index (χ0n) is 20.2. The summed E-state index contributed by atoms with van der Waals surface area (Å²) in [6.07, 6.45) is 1.23. The summed E-state index contributed by atoms with van der Waals surface area (Å²) in [4.78, 5) is 38.4. The molecule has 8 nitrogen and oxygen atoms in total. The van der Waals surface area contributed by atoms with E-state index in [-0.39, 0.29) is 18.9 Å². The number of para-hydroxylation sites is 3. The average molecular weight is 471 g/mol. The van der Waals surface area contributed by atoms with Gasteiger partial charge in [0.15, 0.2) is 18.1 Å². The van der Waals surface area contributed by atoms with Gasteiger partial charge in [0.2, 0.25) is 5.91 Å². The first-order chi connectivity index (χ1) is 16.4. The van der Waals surface area contributed by atoms with Gasteiger partial charge in [0.25, 0.3) is 5.91 Å². The van der Waals surface area contributed by atoms with Crippen molar-refractivity contribution >= 4 is 23.5 Å². The minimum Gasteiger partial charge on any atom is -0.490 e. The van der Waals surface area contributed by atoms with Crippen LogP contribution in [0.4, 0.5) is 5.69 Å². The third-order valence-electron chi connectivity index (χ3n) is 4.89. The number of ether oxygens (including phenoxy) is 3. The number of rotatable bonds is 14. The molecule has 0 fully saturated rings. The molecule has 0 aliphatic heterocycles. The molecule has 8 heteroatoms. The number of hydrogen-bond acceptors (Lipinski definition) is 6. The quantitative estimate of drug-likeness (QED) is 0.332. The molecule has 0 aliphatic rings. The molecule has 2 aromatic carbocycles. The maximum absolute atomic E-state index is 12.5. The van der Waals surface area contributed by atoms with E-state index in [1.165, 1.54) is 4.90 Å². The maximum Gasteiger partial charge on any atom is 0.306 e. The molecule has 0 atom stereocenters. The van der Waals surface area contributed by atoms with Gasteiger partial charge in [-0.2, -0.15) is 0 Å². The minimum atomic E-state index is -0.490. The number of carbonyl (C=O) groups is 3. The highest BCUT2D eigenvalue weighted by atomic mass is 16.5. The number of nitrogens with one attached hydrogen (secondary N) is 1. The summed E-state index contributed by atoms with van der Waals surface area (Å²) in [5, 5.41) is 2.82. The topological polar surface area (TPSA) is 94.2 Å². The molecule has 184 valence electrons. The third-order valence-corrected chi connectivity index (χ3v) is 4.89. The molecular weight excluding hydrogens is 436 g/mol. The smallest absolute Gasteiger partial charge is 0.306 e. The number of aryl methyl sites for hydroxylation is 1.